The van der Waals surface area contributed by atoms with Gasteiger partial charge in [0.2, 0.25) is 0 Å². The van der Waals surface area contributed by atoms with E-state index in [-0.39, 0.29) is 0 Å². The first-order chi connectivity index (χ1) is 8.58. The maximum absolute atomic E-state index is 5.55. The molecule has 0 saturated heterocycles. The topological polar surface area (TPSA) is 36.9 Å². The van der Waals surface area contributed by atoms with Crippen molar-refractivity contribution < 1.29 is 18.3 Å². The van der Waals surface area contributed by atoms with Crippen LogP contribution in [0.5, 0.6) is 0 Å². The van der Waals surface area contributed by atoms with E-state index in [0.717, 1.165) is 12.2 Å². The first-order valence-electron chi connectivity index (χ1n) is 6.30. The Hall–Kier alpha value is 0.840. The molecule has 0 N–H and O–H groups in total. The van der Waals surface area contributed by atoms with Crippen LogP contribution in [0.4, 0.5) is 0 Å². The number of hydrogen-bond acceptors (Lipinski definition) is 6. The van der Waals surface area contributed by atoms with Crippen LogP contribution < -0.4 is 0 Å². The Bertz CT molecular complexity index is 231. The van der Waals surface area contributed by atoms with Gasteiger partial charge >= 0.3 is 6.72 Å². The minimum Gasteiger partial charge on any atom is -0.368 e. The minimum atomic E-state index is -2.51. The van der Waals surface area contributed by atoms with Gasteiger partial charge in [0.15, 0.2) is 0 Å². The summed E-state index contributed by atoms with van der Waals surface area (Å²) in [5.74, 6) is 1.51. The molecule has 1 unspecified atom stereocenters. The second-order valence-electron chi connectivity index (χ2n) is 3.53. The van der Waals surface area contributed by atoms with Crippen LogP contribution in [0.2, 0.25) is 0 Å². The van der Waals surface area contributed by atoms with Gasteiger partial charge in [0.05, 0.1) is 31.9 Å². The summed E-state index contributed by atoms with van der Waals surface area (Å²) in [7, 11) is 0. The first-order valence-corrected chi connectivity index (χ1v) is 10.0. The minimum absolute atomic E-state index is 0.316. The molecule has 0 amide bonds. The Morgan fingerprint density at radius 1 is 1.11 bits per heavy atom. The van der Waals surface area contributed by atoms with E-state index in [9.17, 15) is 0 Å². The highest BCUT2D eigenvalue weighted by Crippen LogP contribution is 2.49. The van der Waals surface area contributed by atoms with Crippen LogP contribution >= 0.6 is 18.5 Å². The van der Waals surface area contributed by atoms with Crippen molar-refractivity contribution in [1.82, 2.24) is 0 Å². The van der Waals surface area contributed by atoms with Crippen LogP contribution in [0.1, 0.15) is 34.1 Å². The molecule has 0 heterocycles. The zero-order chi connectivity index (χ0) is 13.9. The molecule has 0 aliphatic heterocycles. The van der Waals surface area contributed by atoms with Gasteiger partial charge in [-0.15, -0.1) is 11.8 Å². The molecule has 7 heteroatoms. The van der Waals surface area contributed by atoms with Crippen molar-refractivity contribution >= 4 is 30.3 Å². The molecule has 0 bridgehead atoms. The predicted molar refractivity (Wildman–Crippen MR) is 81.7 cm³/mol. The summed E-state index contributed by atoms with van der Waals surface area (Å²) in [5, 5.41) is 0. The fraction of sp³-hybridized carbons (Fsp3) is 1.00. The average Bonchev–Trinajstić information content (AvgIpc) is 2.33. The van der Waals surface area contributed by atoms with E-state index in [1.54, 1.807) is 11.8 Å². The van der Waals surface area contributed by atoms with Crippen LogP contribution in [-0.4, -0.2) is 37.6 Å². The van der Waals surface area contributed by atoms with Gasteiger partial charge in [0, 0.05) is 5.75 Å². The normalized spacial score (nSPS) is 13.8. The van der Waals surface area contributed by atoms with Crippen LogP contribution in [0, 0.1) is 0 Å². The van der Waals surface area contributed by atoms with E-state index in [4.69, 9.17) is 30.1 Å². The second kappa shape index (κ2) is 11.6. The number of rotatable bonds is 12. The molecule has 110 valence electrons. The first kappa shape index (κ1) is 18.8. The van der Waals surface area contributed by atoms with Crippen molar-refractivity contribution in [2.24, 2.45) is 0 Å². The van der Waals surface area contributed by atoms with E-state index in [1.807, 2.05) is 13.8 Å². The van der Waals surface area contributed by atoms with E-state index in [0.29, 0.717) is 31.9 Å². The third-order valence-electron chi connectivity index (χ3n) is 2.06. The summed E-state index contributed by atoms with van der Waals surface area (Å²) in [6.07, 6.45) is 1.35. The predicted octanol–water partition coefficient (Wildman–Crippen LogP) is 3.81. The molecule has 1 atom stereocenters. The maximum Gasteiger partial charge on any atom is 0.327 e. The standard InChI is InChI=1S/C11H25O4PS2/c1-5-11(4)12-10-18-9-8-15-16(17,13-6-2)14-7-3/h11H,5-10H2,1-4H3. The van der Waals surface area contributed by atoms with E-state index in [1.165, 1.54) is 0 Å². The molecule has 0 fully saturated rings. The highest BCUT2D eigenvalue weighted by Gasteiger charge is 2.18. The molecule has 0 aliphatic rings. The van der Waals surface area contributed by atoms with Crippen molar-refractivity contribution in [2.75, 3.05) is 31.5 Å². The van der Waals surface area contributed by atoms with Gasteiger partial charge in [-0.05, 0) is 39.0 Å². The zero-order valence-corrected chi connectivity index (χ0v) is 14.2. The fourth-order valence-corrected chi connectivity index (χ4v) is 3.78. The zero-order valence-electron chi connectivity index (χ0n) is 11.7. The number of ether oxygens (including phenoxy) is 1. The largest absolute Gasteiger partial charge is 0.368 e. The molecular formula is C11H25O4PS2. The van der Waals surface area contributed by atoms with Crippen molar-refractivity contribution in [3.63, 3.8) is 0 Å². The Morgan fingerprint density at radius 3 is 2.22 bits per heavy atom. The van der Waals surface area contributed by atoms with Crippen LogP contribution in [0.15, 0.2) is 0 Å². The summed E-state index contributed by atoms with van der Waals surface area (Å²) in [5.41, 5.74) is 0. The van der Waals surface area contributed by atoms with Gasteiger partial charge in [-0.2, -0.15) is 0 Å². The van der Waals surface area contributed by atoms with Crippen molar-refractivity contribution in [3.8, 4) is 0 Å². The lowest BCUT2D eigenvalue weighted by atomic mass is 10.3. The third-order valence-corrected chi connectivity index (χ3v) is 5.42. The Kier molecular flexibility index (Phi) is 12.2. The van der Waals surface area contributed by atoms with Crippen LogP contribution in [0.3, 0.4) is 0 Å². The summed E-state index contributed by atoms with van der Waals surface area (Å²) in [6.45, 7) is 7.01. The van der Waals surface area contributed by atoms with Gasteiger partial charge in [-0.1, -0.05) is 6.92 Å². The molecule has 0 aromatic carbocycles. The van der Waals surface area contributed by atoms with Crippen molar-refractivity contribution in [1.29, 1.82) is 0 Å². The van der Waals surface area contributed by atoms with Crippen molar-refractivity contribution in [2.45, 2.75) is 40.2 Å². The van der Waals surface area contributed by atoms with Crippen LogP contribution in [0.25, 0.3) is 0 Å². The second-order valence-corrected chi connectivity index (χ2v) is 7.59. The van der Waals surface area contributed by atoms with E-state index in [2.05, 4.69) is 13.8 Å². The molecule has 0 aliphatic carbocycles. The maximum atomic E-state index is 5.55. The molecule has 4 nitrogen and oxygen atoms in total. The summed E-state index contributed by atoms with van der Waals surface area (Å²) in [6, 6.07) is 0. The summed E-state index contributed by atoms with van der Waals surface area (Å²) >= 11 is 6.93. The number of thioether (sulfide) groups is 1. The van der Waals surface area contributed by atoms with E-state index >= 15 is 0 Å². The van der Waals surface area contributed by atoms with Gasteiger partial charge in [0.25, 0.3) is 0 Å². The molecule has 0 spiro atoms. The van der Waals surface area contributed by atoms with Crippen LogP contribution in [-0.2, 0) is 30.1 Å². The Balaban J connectivity index is 3.64. The monoisotopic (exact) mass is 316 g/mol. The molecule has 0 aromatic heterocycles. The highest BCUT2D eigenvalue weighted by atomic mass is 32.5. The fourth-order valence-electron chi connectivity index (χ4n) is 0.977. The lowest BCUT2D eigenvalue weighted by molar-refractivity contribution is 0.102. The lowest BCUT2D eigenvalue weighted by Gasteiger charge is -2.20. The third kappa shape index (κ3) is 9.73. The molecule has 0 rings (SSSR count). The van der Waals surface area contributed by atoms with Gasteiger partial charge in [0.1, 0.15) is 0 Å². The van der Waals surface area contributed by atoms with Crippen molar-refractivity contribution in [3.05, 3.63) is 0 Å². The summed E-state index contributed by atoms with van der Waals surface area (Å²) in [4.78, 5) is 0. The molecule has 0 aromatic rings. The smallest absolute Gasteiger partial charge is 0.327 e. The Labute approximate surface area is 120 Å². The average molecular weight is 316 g/mol. The molecule has 18 heavy (non-hydrogen) atoms. The summed E-state index contributed by atoms with van der Waals surface area (Å²) < 4.78 is 21.8. The van der Waals surface area contributed by atoms with Gasteiger partial charge in [-0.25, -0.2) is 0 Å². The highest BCUT2D eigenvalue weighted by molar-refractivity contribution is 8.07. The van der Waals surface area contributed by atoms with Gasteiger partial charge in [-0.3, -0.25) is 0 Å². The van der Waals surface area contributed by atoms with Gasteiger partial charge < -0.3 is 18.3 Å². The Morgan fingerprint density at radius 2 is 1.72 bits per heavy atom. The SMILES string of the molecule is CCOP(=S)(OCC)OCCSCOC(C)CC. The quantitative estimate of drug-likeness (QED) is 0.310. The molecule has 0 saturated carbocycles. The molecular weight excluding hydrogens is 291 g/mol. The number of hydrogen-bond donors (Lipinski definition) is 0. The lowest BCUT2D eigenvalue weighted by Crippen LogP contribution is -2.07. The molecule has 0 radical (unpaired) electrons. The van der Waals surface area contributed by atoms with E-state index < -0.39 is 6.72 Å².